The summed E-state index contributed by atoms with van der Waals surface area (Å²) in [6.07, 6.45) is 2.74. The second-order valence-electron chi connectivity index (χ2n) is 7.69. The third-order valence-corrected chi connectivity index (χ3v) is 5.19. The molecule has 0 radical (unpaired) electrons. The first-order valence-electron chi connectivity index (χ1n) is 9.86. The number of rotatable bonds is 6. The van der Waals surface area contributed by atoms with Gasteiger partial charge >= 0.3 is 0 Å². The molecule has 1 aromatic heterocycles. The van der Waals surface area contributed by atoms with Crippen molar-refractivity contribution in [2.45, 2.75) is 38.8 Å². The van der Waals surface area contributed by atoms with Crippen LogP contribution in [0.5, 0.6) is 0 Å². The van der Waals surface area contributed by atoms with Crippen LogP contribution in [0.1, 0.15) is 53.7 Å². The molecule has 5 heteroatoms. The molecule has 1 N–H and O–H groups in total. The minimum Gasteiger partial charge on any atom is -0.348 e. The van der Waals surface area contributed by atoms with Gasteiger partial charge in [-0.3, -0.25) is 9.59 Å². The Kier molecular flexibility index (Phi) is 5.05. The molecule has 148 valence electrons. The van der Waals surface area contributed by atoms with Gasteiger partial charge in [0.25, 0.3) is 5.91 Å². The molecule has 4 nitrogen and oxygen atoms in total. The molecule has 3 aromatic rings. The van der Waals surface area contributed by atoms with Crippen LogP contribution in [0, 0.1) is 5.82 Å². The van der Waals surface area contributed by atoms with Crippen LogP contribution in [0.2, 0.25) is 0 Å². The van der Waals surface area contributed by atoms with Gasteiger partial charge in [0, 0.05) is 23.2 Å². The Hall–Kier alpha value is -3.21. The third-order valence-electron chi connectivity index (χ3n) is 5.19. The summed E-state index contributed by atoms with van der Waals surface area (Å²) in [5.74, 6) is -0.533. The fourth-order valence-corrected chi connectivity index (χ4v) is 3.76. The highest BCUT2D eigenvalue weighted by Gasteiger charge is 2.32. The third kappa shape index (κ3) is 3.60. The molecule has 0 unspecified atom stereocenters. The van der Waals surface area contributed by atoms with E-state index in [1.807, 2.05) is 44.2 Å². The number of halogens is 1. The zero-order chi connectivity index (χ0) is 20.5. The summed E-state index contributed by atoms with van der Waals surface area (Å²) in [5.41, 5.74) is 3.79. The van der Waals surface area contributed by atoms with E-state index in [1.54, 1.807) is 16.7 Å². The lowest BCUT2D eigenvalue weighted by molar-refractivity contribution is 0.0940. The first-order chi connectivity index (χ1) is 14.0. The summed E-state index contributed by atoms with van der Waals surface area (Å²) in [7, 11) is 0. The number of amides is 1. The van der Waals surface area contributed by atoms with Crippen LogP contribution in [0.3, 0.4) is 0 Å². The quantitative estimate of drug-likeness (QED) is 0.585. The van der Waals surface area contributed by atoms with Gasteiger partial charge in [-0.05, 0) is 49.9 Å². The number of nitrogens with one attached hydrogen (secondary N) is 1. The number of carbonyl (C=O) groups is 2. The first-order valence-corrected chi connectivity index (χ1v) is 9.86. The van der Waals surface area contributed by atoms with E-state index in [1.165, 1.54) is 12.1 Å². The normalized spacial score (nSPS) is 13.5. The van der Waals surface area contributed by atoms with Crippen LogP contribution in [-0.4, -0.2) is 22.8 Å². The molecule has 1 aliphatic rings. The topological polar surface area (TPSA) is 51.1 Å². The van der Waals surface area contributed by atoms with Gasteiger partial charge in [0.1, 0.15) is 11.5 Å². The maximum Gasteiger partial charge on any atom is 0.268 e. The van der Waals surface area contributed by atoms with Crippen molar-refractivity contribution < 1.29 is 14.0 Å². The van der Waals surface area contributed by atoms with Crippen LogP contribution in [0.15, 0.2) is 54.6 Å². The monoisotopic (exact) mass is 390 g/mol. The van der Waals surface area contributed by atoms with E-state index in [0.717, 1.165) is 24.7 Å². The Bertz CT molecular complexity index is 1050. The highest BCUT2D eigenvalue weighted by atomic mass is 19.1. The maximum absolute atomic E-state index is 13.6. The lowest BCUT2D eigenvalue weighted by atomic mass is 9.94. The number of aromatic nitrogens is 1. The SMILES string of the molecule is CC(C)n1c(C=O)c(-c2ccc(F)cc2)c(-c2ccccc2)c1C(=O)NC1CC1. The van der Waals surface area contributed by atoms with Crippen molar-refractivity contribution in [1.82, 2.24) is 9.88 Å². The summed E-state index contributed by atoms with van der Waals surface area (Å²) in [4.78, 5) is 25.5. The van der Waals surface area contributed by atoms with Crippen LogP contribution in [0.25, 0.3) is 22.3 Å². The summed E-state index contributed by atoms with van der Waals surface area (Å²) >= 11 is 0. The van der Waals surface area contributed by atoms with Crippen molar-refractivity contribution in [3.8, 4) is 22.3 Å². The summed E-state index contributed by atoms with van der Waals surface area (Å²) in [6.45, 7) is 3.90. The molecule has 1 saturated carbocycles. The lowest BCUT2D eigenvalue weighted by Gasteiger charge is -2.16. The predicted molar refractivity (Wildman–Crippen MR) is 112 cm³/mol. The molecule has 1 amide bonds. The molecule has 2 aromatic carbocycles. The van der Waals surface area contributed by atoms with Crippen LogP contribution >= 0.6 is 0 Å². The molecule has 4 rings (SSSR count). The van der Waals surface area contributed by atoms with E-state index >= 15 is 0 Å². The molecule has 0 aliphatic heterocycles. The van der Waals surface area contributed by atoms with E-state index in [0.29, 0.717) is 28.1 Å². The van der Waals surface area contributed by atoms with Gasteiger partial charge in [0.15, 0.2) is 6.29 Å². The molecule has 1 aliphatic carbocycles. The second kappa shape index (κ2) is 7.66. The van der Waals surface area contributed by atoms with Crippen molar-refractivity contribution in [3.05, 3.63) is 71.8 Å². The minimum absolute atomic E-state index is 0.105. The smallest absolute Gasteiger partial charge is 0.268 e. The molecular weight excluding hydrogens is 367 g/mol. The average Bonchev–Trinajstić information content (AvgIpc) is 3.46. The van der Waals surface area contributed by atoms with Crippen LogP contribution < -0.4 is 5.32 Å². The first kappa shape index (κ1) is 19.1. The lowest BCUT2D eigenvalue weighted by Crippen LogP contribution is -2.29. The number of carbonyl (C=O) groups excluding carboxylic acids is 2. The Morgan fingerprint density at radius 3 is 2.21 bits per heavy atom. The molecule has 0 atom stereocenters. The maximum atomic E-state index is 13.6. The van der Waals surface area contributed by atoms with Gasteiger partial charge < -0.3 is 9.88 Å². The zero-order valence-electron chi connectivity index (χ0n) is 16.5. The molecule has 1 fully saturated rings. The van der Waals surface area contributed by atoms with Crippen LogP contribution in [-0.2, 0) is 0 Å². The number of nitrogens with zero attached hydrogens (tertiary/aromatic N) is 1. The van der Waals surface area contributed by atoms with Gasteiger partial charge in [-0.15, -0.1) is 0 Å². The second-order valence-corrected chi connectivity index (χ2v) is 7.69. The fourth-order valence-electron chi connectivity index (χ4n) is 3.76. The summed E-state index contributed by atoms with van der Waals surface area (Å²) < 4.78 is 15.4. The standard InChI is InChI=1S/C24H23FN2O2/c1-15(2)27-20(14-28)21(17-8-10-18(25)11-9-17)22(16-6-4-3-5-7-16)23(27)24(29)26-19-12-13-19/h3-11,14-15,19H,12-13H2,1-2H3,(H,26,29). The summed E-state index contributed by atoms with van der Waals surface area (Å²) in [5, 5.41) is 3.07. The number of hydrogen-bond donors (Lipinski definition) is 1. The van der Waals surface area contributed by atoms with Crippen molar-refractivity contribution in [1.29, 1.82) is 0 Å². The molecule has 0 saturated heterocycles. The molecule has 0 spiro atoms. The highest BCUT2D eigenvalue weighted by molar-refractivity contribution is 6.08. The van der Waals surface area contributed by atoms with E-state index in [4.69, 9.17) is 0 Å². The Morgan fingerprint density at radius 2 is 1.66 bits per heavy atom. The average molecular weight is 390 g/mol. The highest BCUT2D eigenvalue weighted by Crippen LogP contribution is 2.41. The predicted octanol–water partition coefficient (Wildman–Crippen LogP) is 5.25. The summed E-state index contributed by atoms with van der Waals surface area (Å²) in [6, 6.07) is 15.7. The Morgan fingerprint density at radius 1 is 1.03 bits per heavy atom. The van der Waals surface area contributed by atoms with Crippen molar-refractivity contribution in [2.75, 3.05) is 0 Å². The van der Waals surface area contributed by atoms with E-state index in [-0.39, 0.29) is 23.8 Å². The van der Waals surface area contributed by atoms with Gasteiger partial charge in [-0.2, -0.15) is 0 Å². The van der Waals surface area contributed by atoms with E-state index < -0.39 is 0 Å². The van der Waals surface area contributed by atoms with Crippen molar-refractivity contribution >= 4 is 12.2 Å². The number of benzene rings is 2. The van der Waals surface area contributed by atoms with Crippen molar-refractivity contribution in [3.63, 3.8) is 0 Å². The molecule has 1 heterocycles. The number of aldehydes is 1. The number of hydrogen-bond acceptors (Lipinski definition) is 2. The van der Waals surface area contributed by atoms with E-state index in [2.05, 4.69) is 5.32 Å². The largest absolute Gasteiger partial charge is 0.348 e. The van der Waals surface area contributed by atoms with Gasteiger partial charge in [0.2, 0.25) is 0 Å². The Labute approximate surface area is 169 Å². The fraction of sp³-hybridized carbons (Fsp3) is 0.250. The van der Waals surface area contributed by atoms with E-state index in [9.17, 15) is 14.0 Å². The Balaban J connectivity index is 2.06. The molecular formula is C24H23FN2O2. The van der Waals surface area contributed by atoms with Gasteiger partial charge in [-0.25, -0.2) is 4.39 Å². The van der Waals surface area contributed by atoms with Gasteiger partial charge in [-0.1, -0.05) is 42.5 Å². The molecule has 0 bridgehead atoms. The van der Waals surface area contributed by atoms with Gasteiger partial charge in [0.05, 0.1) is 5.69 Å². The van der Waals surface area contributed by atoms with Crippen molar-refractivity contribution in [2.24, 2.45) is 0 Å². The minimum atomic E-state index is -0.349. The van der Waals surface area contributed by atoms with Crippen LogP contribution in [0.4, 0.5) is 4.39 Å². The molecule has 29 heavy (non-hydrogen) atoms. The zero-order valence-corrected chi connectivity index (χ0v) is 16.5.